The Morgan fingerprint density at radius 1 is 1.50 bits per heavy atom. The Balaban J connectivity index is 2.22. The largest absolute Gasteiger partial charge is 0.397 e. The highest BCUT2D eigenvalue weighted by atomic mass is 127. The van der Waals surface area contributed by atoms with E-state index in [1.807, 2.05) is 29.6 Å². The predicted octanol–water partition coefficient (Wildman–Crippen LogP) is 2.54. The summed E-state index contributed by atoms with van der Waals surface area (Å²) in [5.41, 5.74) is 7.45. The van der Waals surface area contributed by atoms with E-state index in [1.165, 1.54) is 6.42 Å². The molecular formula is C13H19FIN3. The quantitative estimate of drug-likeness (QED) is 0.648. The van der Waals surface area contributed by atoms with Crippen molar-refractivity contribution in [1.29, 1.82) is 0 Å². The van der Waals surface area contributed by atoms with Crippen molar-refractivity contribution in [2.45, 2.75) is 18.9 Å². The molecule has 0 spiro atoms. The molecule has 1 unspecified atom stereocenters. The van der Waals surface area contributed by atoms with E-state index in [2.05, 4.69) is 16.8 Å². The topological polar surface area (TPSA) is 32.5 Å². The van der Waals surface area contributed by atoms with Crippen LogP contribution in [-0.2, 0) is 0 Å². The van der Waals surface area contributed by atoms with Crippen LogP contribution in [0, 0.1) is 9.39 Å². The van der Waals surface area contributed by atoms with Gasteiger partial charge in [-0.1, -0.05) is 0 Å². The van der Waals surface area contributed by atoms with E-state index in [0.717, 1.165) is 25.2 Å². The molecule has 1 fully saturated rings. The number of hydrogen-bond donors (Lipinski definition) is 1. The van der Waals surface area contributed by atoms with Crippen LogP contribution in [-0.4, -0.2) is 38.1 Å². The number of likely N-dealkylation sites (tertiary alicyclic amines) is 1. The van der Waals surface area contributed by atoms with E-state index in [-0.39, 0.29) is 5.82 Å². The van der Waals surface area contributed by atoms with Crippen LogP contribution in [0.25, 0.3) is 0 Å². The van der Waals surface area contributed by atoms with Gasteiger partial charge >= 0.3 is 0 Å². The maximum absolute atomic E-state index is 13.7. The summed E-state index contributed by atoms with van der Waals surface area (Å²) < 4.78 is 14.2. The summed E-state index contributed by atoms with van der Waals surface area (Å²) in [6.07, 6.45) is 2.31. The van der Waals surface area contributed by atoms with Gasteiger partial charge < -0.3 is 15.5 Å². The fourth-order valence-corrected chi connectivity index (χ4v) is 3.00. The lowest BCUT2D eigenvalue weighted by Crippen LogP contribution is -2.45. The van der Waals surface area contributed by atoms with Crippen LogP contribution in [0.15, 0.2) is 12.1 Å². The van der Waals surface area contributed by atoms with E-state index in [0.29, 0.717) is 15.3 Å². The first-order valence-electron chi connectivity index (χ1n) is 6.15. The Morgan fingerprint density at radius 2 is 2.22 bits per heavy atom. The molecule has 0 aliphatic carbocycles. The van der Waals surface area contributed by atoms with Gasteiger partial charge in [0.2, 0.25) is 0 Å². The van der Waals surface area contributed by atoms with Gasteiger partial charge in [0.1, 0.15) is 5.82 Å². The summed E-state index contributed by atoms with van der Waals surface area (Å²) in [5, 5.41) is 0. The first kappa shape index (κ1) is 13.9. The maximum atomic E-state index is 13.7. The molecule has 0 saturated carbocycles. The van der Waals surface area contributed by atoms with Crippen molar-refractivity contribution in [3.8, 4) is 0 Å². The standard InChI is InChI=1S/C13H19FIN3/c1-17-5-3-4-9(8-17)18(2)13-6-10(14)11(15)7-12(13)16/h6-7,9H,3-5,8,16H2,1-2H3. The summed E-state index contributed by atoms with van der Waals surface area (Å²) in [5.74, 6) is -0.198. The Bertz CT molecular complexity index is 438. The molecule has 1 heterocycles. The molecule has 5 heteroatoms. The van der Waals surface area contributed by atoms with Gasteiger partial charge in [-0.2, -0.15) is 0 Å². The van der Waals surface area contributed by atoms with Crippen molar-refractivity contribution in [3.63, 3.8) is 0 Å². The van der Waals surface area contributed by atoms with Gasteiger partial charge in [-0.3, -0.25) is 0 Å². The first-order chi connectivity index (χ1) is 8.49. The molecule has 1 atom stereocenters. The summed E-state index contributed by atoms with van der Waals surface area (Å²) in [7, 11) is 4.12. The minimum absolute atomic E-state index is 0.198. The van der Waals surface area contributed by atoms with Gasteiger partial charge in [-0.05, 0) is 55.1 Å². The van der Waals surface area contributed by atoms with Crippen LogP contribution in [0.2, 0.25) is 0 Å². The summed E-state index contributed by atoms with van der Waals surface area (Å²) in [4.78, 5) is 4.42. The molecule has 0 amide bonds. The number of piperidine rings is 1. The monoisotopic (exact) mass is 363 g/mol. The minimum atomic E-state index is -0.198. The van der Waals surface area contributed by atoms with Gasteiger partial charge in [-0.15, -0.1) is 0 Å². The van der Waals surface area contributed by atoms with Gasteiger partial charge in [0.15, 0.2) is 0 Å². The van der Waals surface area contributed by atoms with Crippen molar-refractivity contribution in [1.82, 2.24) is 4.90 Å². The van der Waals surface area contributed by atoms with Crippen molar-refractivity contribution in [2.75, 3.05) is 37.8 Å². The third-order valence-electron chi connectivity index (χ3n) is 3.60. The fourth-order valence-electron chi connectivity index (χ4n) is 2.51. The number of nitrogen functional groups attached to an aromatic ring is 1. The average molecular weight is 363 g/mol. The minimum Gasteiger partial charge on any atom is -0.397 e. The normalized spacial score (nSPS) is 21.0. The molecule has 100 valence electrons. The van der Waals surface area contributed by atoms with Gasteiger partial charge in [-0.25, -0.2) is 4.39 Å². The van der Waals surface area contributed by atoms with Crippen molar-refractivity contribution >= 4 is 34.0 Å². The number of nitrogens with two attached hydrogens (primary N) is 1. The molecule has 0 bridgehead atoms. The molecule has 1 saturated heterocycles. The highest BCUT2D eigenvalue weighted by Gasteiger charge is 2.23. The highest BCUT2D eigenvalue weighted by Crippen LogP contribution is 2.29. The second-order valence-electron chi connectivity index (χ2n) is 4.99. The van der Waals surface area contributed by atoms with E-state index in [9.17, 15) is 4.39 Å². The second-order valence-corrected chi connectivity index (χ2v) is 6.16. The van der Waals surface area contributed by atoms with Crippen LogP contribution >= 0.6 is 22.6 Å². The molecule has 0 aromatic heterocycles. The van der Waals surface area contributed by atoms with E-state index in [1.54, 1.807) is 12.1 Å². The van der Waals surface area contributed by atoms with Crippen LogP contribution in [0.5, 0.6) is 0 Å². The van der Waals surface area contributed by atoms with E-state index in [4.69, 9.17) is 5.73 Å². The second kappa shape index (κ2) is 5.61. The maximum Gasteiger partial charge on any atom is 0.138 e. The molecule has 2 rings (SSSR count). The zero-order valence-corrected chi connectivity index (χ0v) is 12.9. The Morgan fingerprint density at radius 3 is 2.89 bits per heavy atom. The number of halogens is 2. The predicted molar refractivity (Wildman–Crippen MR) is 82.5 cm³/mol. The molecule has 0 radical (unpaired) electrons. The lowest BCUT2D eigenvalue weighted by Gasteiger charge is -2.37. The van der Waals surface area contributed by atoms with Crippen LogP contribution in [0.3, 0.4) is 0 Å². The van der Waals surface area contributed by atoms with E-state index >= 15 is 0 Å². The molecule has 1 aliphatic heterocycles. The number of nitrogens with zero attached hydrogens (tertiary/aromatic N) is 2. The molecule has 1 aromatic carbocycles. The molecule has 18 heavy (non-hydrogen) atoms. The molecule has 2 N–H and O–H groups in total. The van der Waals surface area contributed by atoms with Crippen LogP contribution in [0.4, 0.5) is 15.8 Å². The Kier molecular flexibility index (Phi) is 4.32. The van der Waals surface area contributed by atoms with Crippen LogP contribution < -0.4 is 10.6 Å². The smallest absolute Gasteiger partial charge is 0.138 e. The molecule has 3 nitrogen and oxygen atoms in total. The highest BCUT2D eigenvalue weighted by molar-refractivity contribution is 14.1. The average Bonchev–Trinajstić information content (AvgIpc) is 2.33. The zero-order valence-electron chi connectivity index (χ0n) is 10.8. The zero-order chi connectivity index (χ0) is 13.3. The number of rotatable bonds is 2. The molecule has 1 aromatic rings. The first-order valence-corrected chi connectivity index (χ1v) is 7.23. The Labute approximate surface area is 121 Å². The number of anilines is 2. The number of benzene rings is 1. The Hall–Kier alpha value is -0.560. The van der Waals surface area contributed by atoms with Crippen molar-refractivity contribution in [3.05, 3.63) is 21.5 Å². The third kappa shape index (κ3) is 2.88. The van der Waals surface area contributed by atoms with E-state index < -0.39 is 0 Å². The number of hydrogen-bond acceptors (Lipinski definition) is 3. The molecule has 1 aliphatic rings. The van der Waals surface area contributed by atoms with Gasteiger partial charge in [0.25, 0.3) is 0 Å². The summed E-state index contributed by atoms with van der Waals surface area (Å²) in [6.45, 7) is 2.14. The molecular weight excluding hydrogens is 344 g/mol. The van der Waals surface area contributed by atoms with Crippen molar-refractivity contribution < 1.29 is 4.39 Å². The van der Waals surface area contributed by atoms with Gasteiger partial charge in [0.05, 0.1) is 14.9 Å². The summed E-state index contributed by atoms with van der Waals surface area (Å²) >= 11 is 1.97. The summed E-state index contributed by atoms with van der Waals surface area (Å²) in [6, 6.07) is 3.66. The van der Waals surface area contributed by atoms with Gasteiger partial charge in [0, 0.05) is 25.7 Å². The lowest BCUT2D eigenvalue weighted by molar-refractivity contribution is 0.248. The lowest BCUT2D eigenvalue weighted by atomic mass is 10.0. The number of likely N-dealkylation sites (N-methyl/N-ethyl adjacent to an activating group) is 2. The third-order valence-corrected chi connectivity index (χ3v) is 4.42. The van der Waals surface area contributed by atoms with Crippen molar-refractivity contribution in [2.24, 2.45) is 0 Å². The van der Waals surface area contributed by atoms with Crippen LogP contribution in [0.1, 0.15) is 12.8 Å². The fraction of sp³-hybridized carbons (Fsp3) is 0.538. The SMILES string of the molecule is CN1CCCC(N(C)c2cc(F)c(I)cc2N)C1.